The smallest absolute Gasteiger partial charge is 0.150 e. The molecule has 108 valence electrons. The standard InChI is InChI=1S/C12H19BrN2O3S/c1-3-9-12(13)10(15(2)14-9)6-11(16)8-4-5-19(17,18)7-8/h8,11,16H,3-7H2,1-2H3. The van der Waals surface area contributed by atoms with Crippen LogP contribution in [0.3, 0.4) is 0 Å². The summed E-state index contributed by atoms with van der Waals surface area (Å²) in [4.78, 5) is 0. The molecule has 1 aromatic heterocycles. The molecule has 0 amide bonds. The maximum atomic E-state index is 11.4. The minimum atomic E-state index is -2.95. The van der Waals surface area contributed by atoms with Gasteiger partial charge < -0.3 is 5.11 Å². The van der Waals surface area contributed by atoms with E-state index >= 15 is 0 Å². The third-order valence-corrected chi connectivity index (χ3v) is 6.43. The van der Waals surface area contributed by atoms with Gasteiger partial charge in [-0.15, -0.1) is 0 Å². The third kappa shape index (κ3) is 3.20. The first-order valence-electron chi connectivity index (χ1n) is 6.42. The van der Waals surface area contributed by atoms with Crippen LogP contribution in [0, 0.1) is 5.92 Å². The summed E-state index contributed by atoms with van der Waals surface area (Å²) in [6.07, 6.45) is 1.18. The van der Waals surface area contributed by atoms with Crippen LogP contribution in [0.4, 0.5) is 0 Å². The van der Waals surface area contributed by atoms with Gasteiger partial charge in [-0.3, -0.25) is 4.68 Å². The Labute approximate surface area is 122 Å². The lowest BCUT2D eigenvalue weighted by molar-refractivity contribution is 0.118. The predicted molar refractivity (Wildman–Crippen MR) is 76.8 cm³/mol. The van der Waals surface area contributed by atoms with E-state index in [0.717, 1.165) is 22.3 Å². The molecule has 0 aromatic carbocycles. The summed E-state index contributed by atoms with van der Waals surface area (Å²) < 4.78 is 25.6. The van der Waals surface area contributed by atoms with Crippen LogP contribution in [0.15, 0.2) is 4.47 Å². The average molecular weight is 351 g/mol. The zero-order chi connectivity index (χ0) is 14.2. The summed E-state index contributed by atoms with van der Waals surface area (Å²) in [5, 5.41) is 14.6. The molecule has 2 heterocycles. The number of rotatable bonds is 4. The van der Waals surface area contributed by atoms with Crippen LogP contribution in [0.1, 0.15) is 24.7 Å². The Morgan fingerprint density at radius 1 is 1.58 bits per heavy atom. The van der Waals surface area contributed by atoms with Gasteiger partial charge in [-0.25, -0.2) is 8.42 Å². The SMILES string of the molecule is CCc1nn(C)c(CC(O)C2CCS(=O)(=O)C2)c1Br. The van der Waals surface area contributed by atoms with E-state index in [-0.39, 0.29) is 17.4 Å². The zero-order valence-corrected chi connectivity index (χ0v) is 13.5. The molecule has 2 unspecified atom stereocenters. The largest absolute Gasteiger partial charge is 0.392 e. The number of hydrogen-bond donors (Lipinski definition) is 1. The molecular weight excluding hydrogens is 332 g/mol. The van der Waals surface area contributed by atoms with Gasteiger partial charge in [-0.05, 0) is 28.8 Å². The highest BCUT2D eigenvalue weighted by Crippen LogP contribution is 2.27. The van der Waals surface area contributed by atoms with Gasteiger partial charge in [-0.2, -0.15) is 5.10 Å². The summed E-state index contributed by atoms with van der Waals surface area (Å²) in [6.45, 7) is 2.02. The number of halogens is 1. The Morgan fingerprint density at radius 2 is 2.26 bits per heavy atom. The number of aliphatic hydroxyl groups is 1. The van der Waals surface area contributed by atoms with E-state index in [4.69, 9.17) is 0 Å². The van der Waals surface area contributed by atoms with Gasteiger partial charge in [-0.1, -0.05) is 6.92 Å². The first-order valence-corrected chi connectivity index (χ1v) is 9.04. The lowest BCUT2D eigenvalue weighted by atomic mass is 9.98. The average Bonchev–Trinajstić information content (AvgIpc) is 2.83. The van der Waals surface area contributed by atoms with Gasteiger partial charge in [0.05, 0.1) is 33.5 Å². The molecule has 0 bridgehead atoms. The topological polar surface area (TPSA) is 72.2 Å². The van der Waals surface area contributed by atoms with Crippen molar-refractivity contribution in [3.05, 3.63) is 15.9 Å². The number of aliphatic hydroxyl groups excluding tert-OH is 1. The first kappa shape index (κ1) is 15.0. The number of sulfone groups is 1. The lowest BCUT2D eigenvalue weighted by Gasteiger charge is -2.16. The van der Waals surface area contributed by atoms with Crippen molar-refractivity contribution in [2.75, 3.05) is 11.5 Å². The van der Waals surface area contributed by atoms with Crippen molar-refractivity contribution >= 4 is 25.8 Å². The van der Waals surface area contributed by atoms with E-state index in [1.807, 2.05) is 14.0 Å². The second kappa shape index (κ2) is 5.54. The Bertz CT molecular complexity index is 568. The van der Waals surface area contributed by atoms with Crippen molar-refractivity contribution in [1.29, 1.82) is 0 Å². The fourth-order valence-electron chi connectivity index (χ4n) is 2.53. The number of hydrogen-bond acceptors (Lipinski definition) is 4. The van der Waals surface area contributed by atoms with E-state index in [2.05, 4.69) is 21.0 Å². The van der Waals surface area contributed by atoms with E-state index in [1.165, 1.54) is 0 Å². The Hall–Kier alpha value is -0.400. The Balaban J connectivity index is 2.11. The molecule has 2 rings (SSSR count). The minimum absolute atomic E-state index is 0.101. The molecule has 0 aliphatic carbocycles. The normalized spacial score (nSPS) is 23.7. The minimum Gasteiger partial charge on any atom is -0.392 e. The second-order valence-electron chi connectivity index (χ2n) is 5.12. The van der Waals surface area contributed by atoms with E-state index in [1.54, 1.807) is 4.68 Å². The molecule has 0 spiro atoms. The molecular formula is C12H19BrN2O3S. The number of aromatic nitrogens is 2. The van der Waals surface area contributed by atoms with E-state index in [0.29, 0.717) is 12.8 Å². The highest BCUT2D eigenvalue weighted by Gasteiger charge is 2.33. The van der Waals surface area contributed by atoms with Crippen molar-refractivity contribution < 1.29 is 13.5 Å². The molecule has 5 nitrogen and oxygen atoms in total. The predicted octanol–water partition coefficient (Wildman–Crippen LogP) is 1.08. The van der Waals surface area contributed by atoms with Crippen LogP contribution in [-0.4, -0.2) is 40.9 Å². The summed E-state index contributed by atoms with van der Waals surface area (Å²) in [7, 11) is -1.10. The molecule has 1 fully saturated rings. The number of aryl methyl sites for hydroxylation is 2. The van der Waals surface area contributed by atoms with E-state index in [9.17, 15) is 13.5 Å². The molecule has 0 radical (unpaired) electrons. The van der Waals surface area contributed by atoms with Crippen LogP contribution >= 0.6 is 15.9 Å². The molecule has 7 heteroatoms. The van der Waals surface area contributed by atoms with Crippen LogP contribution in [0.25, 0.3) is 0 Å². The summed E-state index contributed by atoms with van der Waals surface area (Å²) >= 11 is 3.51. The van der Waals surface area contributed by atoms with Crippen molar-refractivity contribution in [2.45, 2.75) is 32.3 Å². The van der Waals surface area contributed by atoms with Gasteiger partial charge in [0, 0.05) is 19.4 Å². The van der Waals surface area contributed by atoms with Crippen molar-refractivity contribution in [3.63, 3.8) is 0 Å². The summed E-state index contributed by atoms with van der Waals surface area (Å²) in [6, 6.07) is 0. The van der Waals surface area contributed by atoms with Crippen molar-refractivity contribution in [2.24, 2.45) is 13.0 Å². The van der Waals surface area contributed by atoms with Crippen LogP contribution in [0.5, 0.6) is 0 Å². The molecule has 1 aliphatic heterocycles. The van der Waals surface area contributed by atoms with Crippen LogP contribution in [-0.2, 0) is 29.7 Å². The van der Waals surface area contributed by atoms with Gasteiger partial charge in [0.15, 0.2) is 9.84 Å². The van der Waals surface area contributed by atoms with Crippen LogP contribution < -0.4 is 0 Å². The van der Waals surface area contributed by atoms with Crippen molar-refractivity contribution in [3.8, 4) is 0 Å². The molecule has 1 N–H and O–H groups in total. The quantitative estimate of drug-likeness (QED) is 0.881. The first-order chi connectivity index (χ1) is 8.84. The molecule has 0 saturated carbocycles. The Kier molecular flexibility index (Phi) is 4.37. The molecule has 19 heavy (non-hydrogen) atoms. The summed E-state index contributed by atoms with van der Waals surface area (Å²) in [5.74, 6) is 0.142. The lowest BCUT2D eigenvalue weighted by Crippen LogP contribution is -2.25. The van der Waals surface area contributed by atoms with Crippen molar-refractivity contribution in [1.82, 2.24) is 9.78 Å². The highest BCUT2D eigenvalue weighted by atomic mass is 79.9. The van der Waals surface area contributed by atoms with Gasteiger partial charge >= 0.3 is 0 Å². The zero-order valence-electron chi connectivity index (χ0n) is 11.1. The summed E-state index contributed by atoms with van der Waals surface area (Å²) in [5.41, 5.74) is 1.89. The van der Waals surface area contributed by atoms with Gasteiger partial charge in [0.25, 0.3) is 0 Å². The highest BCUT2D eigenvalue weighted by molar-refractivity contribution is 9.10. The van der Waals surface area contributed by atoms with Gasteiger partial charge in [0.1, 0.15) is 0 Å². The Morgan fingerprint density at radius 3 is 2.74 bits per heavy atom. The molecule has 1 aromatic rings. The third-order valence-electron chi connectivity index (χ3n) is 3.72. The maximum Gasteiger partial charge on any atom is 0.150 e. The van der Waals surface area contributed by atoms with Gasteiger partial charge in [0.2, 0.25) is 0 Å². The second-order valence-corrected chi connectivity index (χ2v) is 8.14. The molecule has 1 aliphatic rings. The fraction of sp³-hybridized carbons (Fsp3) is 0.750. The monoisotopic (exact) mass is 350 g/mol. The fourth-order valence-corrected chi connectivity index (χ4v) is 5.18. The van der Waals surface area contributed by atoms with E-state index < -0.39 is 15.9 Å². The molecule has 1 saturated heterocycles. The molecule has 2 atom stereocenters. The maximum absolute atomic E-state index is 11.4. The number of nitrogens with zero attached hydrogens (tertiary/aromatic N) is 2. The van der Waals surface area contributed by atoms with Crippen LogP contribution in [0.2, 0.25) is 0 Å².